The van der Waals surface area contributed by atoms with Crippen LogP contribution in [0.2, 0.25) is 0 Å². The molecule has 0 radical (unpaired) electrons. The third-order valence-electron chi connectivity index (χ3n) is 2.15. The van der Waals surface area contributed by atoms with Gasteiger partial charge in [0.25, 0.3) is 0 Å². The summed E-state index contributed by atoms with van der Waals surface area (Å²) in [6.45, 7) is 2.80. The Hall–Kier alpha value is -1.77. The van der Waals surface area contributed by atoms with E-state index in [4.69, 9.17) is 5.11 Å². The number of amides is 1. The molecule has 1 rings (SSSR count). The lowest BCUT2D eigenvalue weighted by atomic mass is 10.2. The van der Waals surface area contributed by atoms with E-state index in [1.165, 1.54) is 6.08 Å². The summed E-state index contributed by atoms with van der Waals surface area (Å²) in [4.78, 5) is 11.3. The van der Waals surface area contributed by atoms with Crippen LogP contribution >= 0.6 is 0 Å². The van der Waals surface area contributed by atoms with Gasteiger partial charge in [-0.3, -0.25) is 4.79 Å². The number of hydrogen-bond donors (Lipinski definition) is 2. The van der Waals surface area contributed by atoms with E-state index in [1.54, 1.807) is 30.3 Å². The summed E-state index contributed by atoms with van der Waals surface area (Å²) in [5, 5.41) is 11.9. The molecule has 0 aliphatic carbocycles. The van der Waals surface area contributed by atoms with Gasteiger partial charge in [-0.25, -0.2) is 0 Å². The van der Waals surface area contributed by atoms with Crippen LogP contribution in [0.4, 0.5) is 0 Å². The smallest absolute Gasteiger partial charge is 0.243 e. The van der Waals surface area contributed by atoms with E-state index >= 15 is 0 Å². The van der Waals surface area contributed by atoms with Crippen molar-refractivity contribution in [1.82, 2.24) is 5.32 Å². The number of unbranched alkanes of at least 4 members (excludes halogenated alkanes) is 1. The van der Waals surface area contributed by atoms with Crippen LogP contribution in [0.15, 0.2) is 30.3 Å². The number of rotatable bonds is 5. The summed E-state index contributed by atoms with van der Waals surface area (Å²) in [7, 11) is 0. The Kier molecular flexibility index (Phi) is 5.12. The fourth-order valence-corrected chi connectivity index (χ4v) is 1.20. The van der Waals surface area contributed by atoms with Crippen LogP contribution in [-0.2, 0) is 4.79 Å². The Labute approximate surface area is 95.8 Å². The van der Waals surface area contributed by atoms with Gasteiger partial charge in [-0.05, 0) is 30.2 Å². The first-order chi connectivity index (χ1) is 7.72. The van der Waals surface area contributed by atoms with E-state index in [1.807, 2.05) is 0 Å². The van der Waals surface area contributed by atoms with Gasteiger partial charge < -0.3 is 10.4 Å². The predicted octanol–water partition coefficient (Wildman–Crippen LogP) is 2.32. The average Bonchev–Trinajstić information content (AvgIpc) is 2.29. The second-order valence-electron chi connectivity index (χ2n) is 3.57. The first-order valence-electron chi connectivity index (χ1n) is 5.47. The van der Waals surface area contributed by atoms with Gasteiger partial charge >= 0.3 is 0 Å². The van der Waals surface area contributed by atoms with E-state index in [0.29, 0.717) is 0 Å². The third kappa shape index (κ3) is 4.64. The molecule has 0 atom stereocenters. The lowest BCUT2D eigenvalue weighted by Gasteiger charge is -1.99. The summed E-state index contributed by atoms with van der Waals surface area (Å²) < 4.78 is 0. The van der Waals surface area contributed by atoms with Crippen LogP contribution in [0.25, 0.3) is 6.08 Å². The lowest BCUT2D eigenvalue weighted by molar-refractivity contribution is -0.116. The van der Waals surface area contributed by atoms with Crippen molar-refractivity contribution in [2.75, 3.05) is 6.54 Å². The van der Waals surface area contributed by atoms with Crippen molar-refractivity contribution in [3.05, 3.63) is 35.9 Å². The van der Waals surface area contributed by atoms with Crippen LogP contribution < -0.4 is 5.32 Å². The maximum absolute atomic E-state index is 11.3. The molecule has 0 saturated heterocycles. The van der Waals surface area contributed by atoms with Gasteiger partial charge in [-0.15, -0.1) is 0 Å². The summed E-state index contributed by atoms with van der Waals surface area (Å²) in [5.41, 5.74) is 0.892. The summed E-state index contributed by atoms with van der Waals surface area (Å²) >= 11 is 0. The van der Waals surface area contributed by atoms with E-state index in [9.17, 15) is 4.79 Å². The molecular formula is C13H17NO2. The Morgan fingerprint density at radius 3 is 2.69 bits per heavy atom. The van der Waals surface area contributed by atoms with Crippen molar-refractivity contribution in [2.24, 2.45) is 0 Å². The summed E-state index contributed by atoms with van der Waals surface area (Å²) in [6.07, 6.45) is 5.30. The lowest BCUT2D eigenvalue weighted by Crippen LogP contribution is -2.21. The van der Waals surface area contributed by atoms with Gasteiger partial charge in [0.15, 0.2) is 0 Å². The molecule has 0 unspecified atom stereocenters. The van der Waals surface area contributed by atoms with Crippen LogP contribution in [0.5, 0.6) is 5.75 Å². The highest BCUT2D eigenvalue weighted by molar-refractivity contribution is 5.91. The van der Waals surface area contributed by atoms with Crippen LogP contribution in [0.3, 0.4) is 0 Å². The quantitative estimate of drug-likeness (QED) is 0.590. The molecule has 0 saturated carbocycles. The van der Waals surface area contributed by atoms with Crippen LogP contribution in [0.1, 0.15) is 25.3 Å². The monoisotopic (exact) mass is 219 g/mol. The number of carbonyl (C=O) groups is 1. The van der Waals surface area contributed by atoms with E-state index in [0.717, 1.165) is 24.9 Å². The predicted molar refractivity (Wildman–Crippen MR) is 65.1 cm³/mol. The number of nitrogens with one attached hydrogen (secondary N) is 1. The second kappa shape index (κ2) is 6.67. The molecule has 86 valence electrons. The van der Waals surface area contributed by atoms with Crippen molar-refractivity contribution < 1.29 is 9.90 Å². The standard InChI is InChI=1S/C13H17NO2/c1-2-3-10-14-13(16)9-6-11-4-7-12(15)8-5-11/h4-9,15H,2-3,10H2,1H3,(H,14,16). The van der Waals surface area contributed by atoms with Crippen LogP contribution in [0, 0.1) is 0 Å². The van der Waals surface area contributed by atoms with Crippen molar-refractivity contribution in [1.29, 1.82) is 0 Å². The van der Waals surface area contributed by atoms with Crippen LogP contribution in [-0.4, -0.2) is 17.6 Å². The molecule has 0 spiro atoms. The molecule has 0 aliphatic rings. The molecule has 3 heteroatoms. The van der Waals surface area contributed by atoms with Gasteiger partial charge in [0.2, 0.25) is 5.91 Å². The Morgan fingerprint density at radius 2 is 2.06 bits per heavy atom. The highest BCUT2D eigenvalue weighted by Gasteiger charge is 1.93. The molecule has 1 amide bonds. The summed E-state index contributed by atoms with van der Waals surface area (Å²) in [5.74, 6) is 0.145. The molecule has 0 bridgehead atoms. The number of benzene rings is 1. The highest BCUT2D eigenvalue weighted by Crippen LogP contribution is 2.10. The maximum atomic E-state index is 11.3. The topological polar surface area (TPSA) is 49.3 Å². The molecular weight excluding hydrogens is 202 g/mol. The third-order valence-corrected chi connectivity index (χ3v) is 2.15. The fourth-order valence-electron chi connectivity index (χ4n) is 1.20. The summed E-state index contributed by atoms with van der Waals surface area (Å²) in [6, 6.07) is 6.69. The molecule has 16 heavy (non-hydrogen) atoms. The molecule has 0 aliphatic heterocycles. The first-order valence-corrected chi connectivity index (χ1v) is 5.47. The SMILES string of the molecule is CCCCNC(=O)C=Cc1ccc(O)cc1. The minimum atomic E-state index is -0.0819. The highest BCUT2D eigenvalue weighted by atomic mass is 16.3. The Bertz CT molecular complexity index is 355. The number of phenolic OH excluding ortho intramolecular Hbond substituents is 1. The molecule has 3 nitrogen and oxygen atoms in total. The molecule has 1 aromatic carbocycles. The largest absolute Gasteiger partial charge is 0.508 e. The molecule has 0 aromatic heterocycles. The van der Waals surface area contributed by atoms with Crippen molar-refractivity contribution in [2.45, 2.75) is 19.8 Å². The minimum absolute atomic E-state index is 0.0819. The van der Waals surface area contributed by atoms with Gasteiger partial charge in [-0.1, -0.05) is 25.5 Å². The second-order valence-corrected chi connectivity index (χ2v) is 3.57. The molecule has 2 N–H and O–H groups in total. The number of carbonyl (C=O) groups excluding carboxylic acids is 1. The van der Waals surface area contributed by atoms with Gasteiger partial charge in [0, 0.05) is 12.6 Å². The minimum Gasteiger partial charge on any atom is -0.508 e. The zero-order chi connectivity index (χ0) is 11.8. The maximum Gasteiger partial charge on any atom is 0.243 e. The van der Waals surface area contributed by atoms with E-state index in [2.05, 4.69) is 12.2 Å². The number of phenols is 1. The molecule has 0 heterocycles. The zero-order valence-electron chi connectivity index (χ0n) is 9.44. The normalized spacial score (nSPS) is 10.6. The van der Waals surface area contributed by atoms with Crippen molar-refractivity contribution in [3.8, 4) is 5.75 Å². The Morgan fingerprint density at radius 1 is 1.38 bits per heavy atom. The van der Waals surface area contributed by atoms with Gasteiger partial charge in [-0.2, -0.15) is 0 Å². The van der Waals surface area contributed by atoms with Gasteiger partial charge in [0.1, 0.15) is 5.75 Å². The number of hydrogen-bond acceptors (Lipinski definition) is 2. The Balaban J connectivity index is 2.41. The van der Waals surface area contributed by atoms with Crippen molar-refractivity contribution >= 4 is 12.0 Å². The van der Waals surface area contributed by atoms with E-state index < -0.39 is 0 Å². The zero-order valence-corrected chi connectivity index (χ0v) is 9.44. The van der Waals surface area contributed by atoms with E-state index in [-0.39, 0.29) is 11.7 Å². The average molecular weight is 219 g/mol. The number of aromatic hydroxyl groups is 1. The van der Waals surface area contributed by atoms with Crippen molar-refractivity contribution in [3.63, 3.8) is 0 Å². The molecule has 0 fully saturated rings. The first kappa shape index (κ1) is 12.3. The fraction of sp³-hybridized carbons (Fsp3) is 0.308. The van der Waals surface area contributed by atoms with Gasteiger partial charge in [0.05, 0.1) is 0 Å². The molecule has 1 aromatic rings.